The van der Waals surface area contributed by atoms with Crippen molar-refractivity contribution < 1.29 is 9.72 Å². The van der Waals surface area contributed by atoms with Crippen molar-refractivity contribution in [2.45, 2.75) is 16.4 Å². The number of H-pyrrole nitrogens is 1. The van der Waals surface area contributed by atoms with Gasteiger partial charge in [-0.1, -0.05) is 41.8 Å². The lowest BCUT2D eigenvalue weighted by molar-refractivity contribution is -0.384. The van der Waals surface area contributed by atoms with Crippen LogP contribution in [0.25, 0.3) is 11.0 Å². The molecule has 1 aromatic carbocycles. The zero-order valence-electron chi connectivity index (χ0n) is 12.9. The van der Waals surface area contributed by atoms with E-state index in [0.717, 1.165) is 10.1 Å². The number of thioether (sulfide) groups is 2. The van der Waals surface area contributed by atoms with Crippen molar-refractivity contribution in [3.63, 3.8) is 0 Å². The molecule has 3 rings (SSSR count). The molecular formula is C13H12N6O3S3. The largest absolute Gasteiger partial charge is 0.333 e. The topological polar surface area (TPSA) is 127 Å². The zero-order chi connectivity index (χ0) is 17.8. The van der Waals surface area contributed by atoms with Gasteiger partial charge in [0.1, 0.15) is 0 Å². The molecule has 0 spiro atoms. The van der Waals surface area contributed by atoms with Gasteiger partial charge in [0.25, 0.3) is 5.69 Å². The summed E-state index contributed by atoms with van der Waals surface area (Å²) < 4.78 is 0.810. The second-order valence-corrected chi connectivity index (χ2v) is 8.10. The highest BCUT2D eigenvalue weighted by Crippen LogP contribution is 2.26. The summed E-state index contributed by atoms with van der Waals surface area (Å²) in [6, 6.07) is 4.38. The molecule has 0 saturated carbocycles. The number of imidazole rings is 1. The van der Waals surface area contributed by atoms with E-state index in [2.05, 4.69) is 25.5 Å². The first-order valence-electron chi connectivity index (χ1n) is 7.08. The minimum absolute atomic E-state index is 0.0116. The molecule has 0 unspecified atom stereocenters. The van der Waals surface area contributed by atoms with E-state index in [0.29, 0.717) is 21.3 Å². The second kappa shape index (κ2) is 7.80. The maximum Gasteiger partial charge on any atom is 0.271 e. The maximum atomic E-state index is 12.0. The van der Waals surface area contributed by atoms with Gasteiger partial charge in [0, 0.05) is 12.1 Å². The number of fused-ring (bicyclic) bond motifs is 1. The van der Waals surface area contributed by atoms with Crippen molar-refractivity contribution in [3.05, 3.63) is 28.3 Å². The predicted octanol–water partition coefficient (Wildman–Crippen LogP) is 3.17. The normalized spacial score (nSPS) is 10.9. The van der Waals surface area contributed by atoms with E-state index in [9.17, 15) is 14.9 Å². The molecule has 0 aliphatic rings. The number of rotatable bonds is 7. The standard InChI is InChI=1S/C13H12N6O3S3/c1-2-23-13-18-17-12(25-13)16-10(20)6-24-11-14-8-4-3-7(19(21)22)5-9(8)15-11/h3-5H,2,6H2,1H3,(H,14,15)(H,16,17,20). The van der Waals surface area contributed by atoms with Crippen LogP contribution in [0.2, 0.25) is 0 Å². The van der Waals surface area contributed by atoms with E-state index >= 15 is 0 Å². The first-order chi connectivity index (χ1) is 12.0. The van der Waals surface area contributed by atoms with E-state index in [1.54, 1.807) is 17.8 Å². The maximum absolute atomic E-state index is 12.0. The molecule has 0 saturated heterocycles. The number of aromatic amines is 1. The van der Waals surface area contributed by atoms with Crippen LogP contribution >= 0.6 is 34.9 Å². The van der Waals surface area contributed by atoms with Gasteiger partial charge in [0.05, 0.1) is 21.7 Å². The number of nitrogens with one attached hydrogen (secondary N) is 2. The van der Waals surface area contributed by atoms with Crippen LogP contribution in [0.15, 0.2) is 27.7 Å². The Morgan fingerprint density at radius 1 is 1.40 bits per heavy atom. The van der Waals surface area contributed by atoms with Gasteiger partial charge in [-0.3, -0.25) is 20.2 Å². The van der Waals surface area contributed by atoms with Gasteiger partial charge in [-0.15, -0.1) is 10.2 Å². The molecule has 0 fully saturated rings. The van der Waals surface area contributed by atoms with Gasteiger partial charge in [-0.05, 0) is 11.8 Å². The number of aromatic nitrogens is 4. The van der Waals surface area contributed by atoms with Crippen molar-refractivity contribution in [1.82, 2.24) is 20.2 Å². The predicted molar refractivity (Wildman–Crippen MR) is 98.4 cm³/mol. The third-order valence-electron chi connectivity index (χ3n) is 2.92. The van der Waals surface area contributed by atoms with Crippen LogP contribution in [0.1, 0.15) is 6.92 Å². The van der Waals surface area contributed by atoms with E-state index in [4.69, 9.17) is 0 Å². The number of nitro groups is 1. The number of nitrogens with zero attached hydrogens (tertiary/aromatic N) is 4. The molecule has 0 bridgehead atoms. The molecular weight excluding hydrogens is 384 g/mol. The quantitative estimate of drug-likeness (QED) is 0.270. The summed E-state index contributed by atoms with van der Waals surface area (Å²) in [5.74, 6) is 0.807. The van der Waals surface area contributed by atoms with Gasteiger partial charge < -0.3 is 4.98 Å². The Morgan fingerprint density at radius 2 is 2.24 bits per heavy atom. The Balaban J connectivity index is 1.59. The number of carbonyl (C=O) groups excluding carboxylic acids is 1. The Kier molecular flexibility index (Phi) is 5.50. The fourth-order valence-corrected chi connectivity index (χ4v) is 4.24. The lowest BCUT2D eigenvalue weighted by Gasteiger charge is -1.98. The Hall–Kier alpha value is -2.18. The molecule has 1 amide bonds. The molecule has 3 aromatic rings. The minimum Gasteiger partial charge on any atom is -0.333 e. The average Bonchev–Trinajstić information content (AvgIpc) is 3.18. The van der Waals surface area contributed by atoms with Crippen LogP contribution in [0.5, 0.6) is 0 Å². The Morgan fingerprint density at radius 3 is 3.00 bits per heavy atom. The summed E-state index contributed by atoms with van der Waals surface area (Å²) in [4.78, 5) is 29.6. The summed E-state index contributed by atoms with van der Waals surface area (Å²) >= 11 is 4.10. The van der Waals surface area contributed by atoms with E-state index < -0.39 is 4.92 Å². The fraction of sp³-hybridized carbons (Fsp3) is 0.231. The number of carbonyl (C=O) groups is 1. The van der Waals surface area contributed by atoms with E-state index in [1.807, 2.05) is 6.92 Å². The van der Waals surface area contributed by atoms with Crippen molar-refractivity contribution in [3.8, 4) is 0 Å². The number of amides is 1. The van der Waals surface area contributed by atoms with Crippen LogP contribution < -0.4 is 5.32 Å². The van der Waals surface area contributed by atoms with Gasteiger partial charge in [0.15, 0.2) is 9.50 Å². The SMILES string of the molecule is CCSc1nnc(NC(=O)CSc2nc3ccc([N+](=O)[O-])cc3[nH]2)s1. The van der Waals surface area contributed by atoms with E-state index in [-0.39, 0.29) is 17.3 Å². The Labute approximate surface area is 154 Å². The van der Waals surface area contributed by atoms with Crippen molar-refractivity contribution in [1.29, 1.82) is 0 Å². The highest BCUT2D eigenvalue weighted by Gasteiger charge is 2.12. The number of hydrogen-bond donors (Lipinski definition) is 2. The third-order valence-corrected chi connectivity index (χ3v) is 5.64. The highest BCUT2D eigenvalue weighted by molar-refractivity contribution is 8.01. The van der Waals surface area contributed by atoms with Crippen molar-refractivity contribution >= 4 is 62.6 Å². The monoisotopic (exact) mass is 396 g/mol. The van der Waals surface area contributed by atoms with Crippen LogP contribution in [-0.4, -0.2) is 42.5 Å². The summed E-state index contributed by atoms with van der Waals surface area (Å²) in [6.07, 6.45) is 0. The summed E-state index contributed by atoms with van der Waals surface area (Å²) in [7, 11) is 0. The van der Waals surface area contributed by atoms with Gasteiger partial charge in [-0.2, -0.15) is 0 Å². The number of hydrogen-bond acceptors (Lipinski definition) is 9. The second-order valence-electron chi connectivity index (χ2n) is 4.64. The van der Waals surface area contributed by atoms with Gasteiger partial charge in [0.2, 0.25) is 11.0 Å². The van der Waals surface area contributed by atoms with Crippen molar-refractivity contribution in [2.75, 3.05) is 16.8 Å². The molecule has 25 heavy (non-hydrogen) atoms. The highest BCUT2D eigenvalue weighted by atomic mass is 32.2. The third kappa shape index (κ3) is 4.46. The van der Waals surface area contributed by atoms with Crippen molar-refractivity contribution in [2.24, 2.45) is 0 Å². The Bertz CT molecular complexity index is 925. The molecule has 0 radical (unpaired) electrons. The molecule has 0 atom stereocenters. The number of non-ortho nitro benzene ring substituents is 1. The minimum atomic E-state index is -0.465. The summed E-state index contributed by atoms with van der Waals surface area (Å²) in [5.41, 5.74) is 1.16. The number of anilines is 1. The first kappa shape index (κ1) is 17.6. The van der Waals surface area contributed by atoms with Crippen LogP contribution in [0.3, 0.4) is 0 Å². The summed E-state index contributed by atoms with van der Waals surface area (Å²) in [6.45, 7) is 2.02. The zero-order valence-corrected chi connectivity index (χ0v) is 15.3. The molecule has 2 N–H and O–H groups in total. The molecule has 0 aliphatic carbocycles. The average molecular weight is 396 g/mol. The van der Waals surface area contributed by atoms with Crippen LogP contribution in [-0.2, 0) is 4.79 Å². The first-order valence-corrected chi connectivity index (χ1v) is 9.87. The number of nitro benzene ring substituents is 1. The number of benzene rings is 1. The molecule has 9 nitrogen and oxygen atoms in total. The smallest absolute Gasteiger partial charge is 0.271 e. The van der Waals surface area contributed by atoms with Gasteiger partial charge >= 0.3 is 0 Å². The fourth-order valence-electron chi connectivity index (χ4n) is 1.89. The lowest BCUT2D eigenvalue weighted by Crippen LogP contribution is -2.13. The molecule has 12 heteroatoms. The molecule has 2 aromatic heterocycles. The lowest BCUT2D eigenvalue weighted by atomic mass is 10.3. The van der Waals surface area contributed by atoms with E-state index in [1.165, 1.54) is 35.2 Å². The molecule has 130 valence electrons. The van der Waals surface area contributed by atoms with Gasteiger partial charge in [-0.25, -0.2) is 4.98 Å². The van der Waals surface area contributed by atoms with Crippen LogP contribution in [0, 0.1) is 10.1 Å². The summed E-state index contributed by atoms with van der Waals surface area (Å²) in [5, 5.41) is 22.3. The molecule has 0 aliphatic heterocycles. The van der Waals surface area contributed by atoms with Crippen LogP contribution in [0.4, 0.5) is 10.8 Å². The molecule has 2 heterocycles.